The van der Waals surface area contributed by atoms with Crippen LogP contribution in [0.5, 0.6) is 0 Å². The van der Waals surface area contributed by atoms with E-state index in [9.17, 15) is 9.59 Å². The second kappa shape index (κ2) is 7.78. The first-order valence-electron chi connectivity index (χ1n) is 11.6. The zero-order valence-corrected chi connectivity index (χ0v) is 18.0. The molecule has 2 bridgehead atoms. The highest BCUT2D eigenvalue weighted by Crippen LogP contribution is 2.33. The van der Waals surface area contributed by atoms with E-state index in [1.54, 1.807) is 0 Å². The average molecular weight is 430 g/mol. The van der Waals surface area contributed by atoms with Gasteiger partial charge in [-0.15, -0.1) is 0 Å². The van der Waals surface area contributed by atoms with E-state index >= 15 is 0 Å². The van der Waals surface area contributed by atoms with Crippen molar-refractivity contribution >= 4 is 28.5 Å². The van der Waals surface area contributed by atoms with Crippen molar-refractivity contribution in [3.8, 4) is 11.1 Å². The summed E-state index contributed by atoms with van der Waals surface area (Å²) in [5.74, 6) is 0.992. The number of nitrogens with one attached hydrogen (secondary N) is 1. The van der Waals surface area contributed by atoms with Crippen molar-refractivity contribution in [1.29, 1.82) is 0 Å². The summed E-state index contributed by atoms with van der Waals surface area (Å²) in [6.07, 6.45) is 3.86. The molecule has 0 aliphatic carbocycles. The summed E-state index contributed by atoms with van der Waals surface area (Å²) in [6, 6.07) is 16.0. The highest BCUT2D eigenvalue weighted by atomic mass is 16.3. The number of anilines is 1. The van der Waals surface area contributed by atoms with Gasteiger partial charge < -0.3 is 19.5 Å². The molecule has 2 aromatic carbocycles. The lowest BCUT2D eigenvalue weighted by Gasteiger charge is -2.44. The molecule has 164 valence electrons. The van der Waals surface area contributed by atoms with Crippen LogP contribution in [-0.2, 0) is 4.79 Å². The summed E-state index contributed by atoms with van der Waals surface area (Å²) >= 11 is 0. The molecule has 1 N–H and O–H groups in total. The minimum atomic E-state index is -0.131. The molecule has 1 atom stereocenters. The Morgan fingerprint density at radius 1 is 1.03 bits per heavy atom. The van der Waals surface area contributed by atoms with Crippen molar-refractivity contribution in [1.82, 2.24) is 10.2 Å². The summed E-state index contributed by atoms with van der Waals surface area (Å²) in [7, 11) is 0. The van der Waals surface area contributed by atoms with Gasteiger partial charge in [-0.25, -0.2) is 0 Å². The number of carbonyl (C=O) groups excluding carboxylic acids is 2. The van der Waals surface area contributed by atoms with Crippen LogP contribution in [0.2, 0.25) is 0 Å². The van der Waals surface area contributed by atoms with Crippen LogP contribution >= 0.6 is 0 Å². The Bertz CT molecular complexity index is 1170. The first-order valence-corrected chi connectivity index (χ1v) is 11.6. The molecule has 4 aliphatic rings. The van der Waals surface area contributed by atoms with Crippen molar-refractivity contribution < 1.29 is 14.0 Å². The third kappa shape index (κ3) is 3.39. The van der Waals surface area contributed by atoms with Gasteiger partial charge in [0.25, 0.3) is 5.91 Å². The quantitative estimate of drug-likeness (QED) is 0.680. The van der Waals surface area contributed by atoms with Gasteiger partial charge in [-0.1, -0.05) is 30.3 Å². The summed E-state index contributed by atoms with van der Waals surface area (Å²) in [4.78, 5) is 29.3. The van der Waals surface area contributed by atoms with E-state index in [-0.39, 0.29) is 17.9 Å². The molecule has 1 aromatic heterocycles. The summed E-state index contributed by atoms with van der Waals surface area (Å²) in [5.41, 5.74) is 3.60. The van der Waals surface area contributed by atoms with E-state index in [0.29, 0.717) is 18.1 Å². The zero-order chi connectivity index (χ0) is 21.7. The molecule has 3 aromatic rings. The highest BCUT2D eigenvalue weighted by Gasteiger charge is 2.35. The topological polar surface area (TPSA) is 65.8 Å². The number of para-hydroxylation sites is 1. The fraction of sp³-hybridized carbons (Fsp3) is 0.385. The molecular weight excluding hydrogens is 402 g/mol. The molecule has 5 heterocycles. The molecule has 4 saturated heterocycles. The van der Waals surface area contributed by atoms with Gasteiger partial charge >= 0.3 is 0 Å². The van der Waals surface area contributed by atoms with Gasteiger partial charge in [0.15, 0.2) is 5.76 Å². The standard InChI is InChI=1S/C26H27N3O3/c30-24-5-2-12-29(24)20-8-6-17(7-9-20)21-4-1-3-19-15-23(32-25(19)21)26(31)27-22-16-28-13-10-18(22)11-14-28/h1,3-4,6-9,15,18,22H,2,5,10-14,16H2,(H,27,31). The maximum Gasteiger partial charge on any atom is 0.287 e. The Hall–Kier alpha value is -3.12. The van der Waals surface area contributed by atoms with Gasteiger partial charge in [-0.2, -0.15) is 0 Å². The Labute approximate surface area is 187 Å². The molecule has 4 fully saturated rings. The van der Waals surface area contributed by atoms with Gasteiger partial charge in [-0.3, -0.25) is 9.59 Å². The van der Waals surface area contributed by atoms with E-state index in [4.69, 9.17) is 4.42 Å². The summed E-state index contributed by atoms with van der Waals surface area (Å²) in [6.45, 7) is 4.02. The molecule has 7 rings (SSSR count). The normalized spacial score (nSPS) is 24.9. The number of furan rings is 1. The molecule has 32 heavy (non-hydrogen) atoms. The first-order chi connectivity index (χ1) is 15.7. The number of hydrogen-bond donors (Lipinski definition) is 1. The molecule has 1 unspecified atom stereocenters. The highest BCUT2D eigenvalue weighted by molar-refractivity contribution is 6.00. The number of rotatable bonds is 4. The molecule has 0 radical (unpaired) electrons. The monoisotopic (exact) mass is 429 g/mol. The molecule has 0 saturated carbocycles. The number of amides is 2. The van der Waals surface area contributed by atoms with Gasteiger partial charge in [0.05, 0.1) is 0 Å². The van der Waals surface area contributed by atoms with Crippen LogP contribution in [0.4, 0.5) is 5.69 Å². The van der Waals surface area contributed by atoms with E-state index in [0.717, 1.165) is 73.2 Å². The van der Waals surface area contributed by atoms with Crippen LogP contribution < -0.4 is 10.2 Å². The largest absolute Gasteiger partial charge is 0.450 e. The predicted octanol–water partition coefficient (Wildman–Crippen LogP) is 4.05. The third-order valence-electron chi connectivity index (χ3n) is 7.30. The van der Waals surface area contributed by atoms with Gasteiger partial charge in [0.1, 0.15) is 5.58 Å². The average Bonchev–Trinajstić information content (AvgIpc) is 3.46. The number of hydrogen-bond acceptors (Lipinski definition) is 4. The van der Waals surface area contributed by atoms with Crippen LogP contribution in [0.1, 0.15) is 36.2 Å². The van der Waals surface area contributed by atoms with E-state index < -0.39 is 0 Å². The fourth-order valence-corrected chi connectivity index (χ4v) is 5.51. The lowest BCUT2D eigenvalue weighted by Crippen LogP contribution is -2.57. The number of carbonyl (C=O) groups is 2. The summed E-state index contributed by atoms with van der Waals surface area (Å²) in [5, 5.41) is 4.13. The number of piperidine rings is 3. The van der Waals surface area contributed by atoms with Crippen molar-refractivity contribution in [3.63, 3.8) is 0 Å². The zero-order valence-electron chi connectivity index (χ0n) is 18.0. The Morgan fingerprint density at radius 3 is 2.53 bits per heavy atom. The molecule has 2 amide bonds. The second-order valence-corrected chi connectivity index (χ2v) is 9.25. The Balaban J connectivity index is 1.25. The van der Waals surface area contributed by atoms with Crippen molar-refractivity contribution in [3.05, 3.63) is 54.3 Å². The molecule has 6 heteroatoms. The van der Waals surface area contributed by atoms with E-state index in [2.05, 4.69) is 10.2 Å². The molecule has 0 spiro atoms. The summed E-state index contributed by atoms with van der Waals surface area (Å²) < 4.78 is 6.09. The number of nitrogens with zero attached hydrogens (tertiary/aromatic N) is 2. The fourth-order valence-electron chi connectivity index (χ4n) is 5.51. The van der Waals surface area contributed by atoms with Crippen LogP contribution in [0.25, 0.3) is 22.1 Å². The van der Waals surface area contributed by atoms with Crippen LogP contribution in [0.15, 0.2) is 52.9 Å². The Kier molecular flexibility index (Phi) is 4.76. The van der Waals surface area contributed by atoms with Crippen molar-refractivity contribution in [2.45, 2.75) is 31.7 Å². The smallest absolute Gasteiger partial charge is 0.287 e. The lowest BCUT2D eigenvalue weighted by atomic mass is 9.84. The first kappa shape index (κ1) is 19.6. The van der Waals surface area contributed by atoms with Crippen LogP contribution in [0, 0.1) is 5.92 Å². The van der Waals surface area contributed by atoms with Crippen LogP contribution in [-0.4, -0.2) is 48.9 Å². The maximum atomic E-state index is 13.0. The second-order valence-electron chi connectivity index (χ2n) is 9.25. The van der Waals surface area contributed by atoms with E-state index in [1.165, 1.54) is 0 Å². The van der Waals surface area contributed by atoms with Crippen molar-refractivity contribution in [2.24, 2.45) is 5.92 Å². The molecule has 6 nitrogen and oxygen atoms in total. The van der Waals surface area contributed by atoms with Gasteiger partial charge in [-0.05, 0) is 62.0 Å². The Morgan fingerprint density at radius 2 is 1.84 bits per heavy atom. The van der Waals surface area contributed by atoms with Crippen LogP contribution in [0.3, 0.4) is 0 Å². The third-order valence-corrected chi connectivity index (χ3v) is 7.30. The number of fused-ring (bicyclic) bond motifs is 4. The SMILES string of the molecule is O=C(NC1CN2CCC1CC2)c1cc2cccc(-c3ccc(N4CCCC4=O)cc3)c2o1. The maximum absolute atomic E-state index is 13.0. The van der Waals surface area contributed by atoms with Crippen molar-refractivity contribution in [2.75, 3.05) is 31.1 Å². The molecular formula is C26H27N3O3. The predicted molar refractivity (Wildman–Crippen MR) is 124 cm³/mol. The van der Waals surface area contributed by atoms with Gasteiger partial charge in [0, 0.05) is 42.2 Å². The minimum Gasteiger partial charge on any atom is -0.450 e. The van der Waals surface area contributed by atoms with Gasteiger partial charge in [0.2, 0.25) is 5.91 Å². The lowest BCUT2D eigenvalue weighted by molar-refractivity contribution is -0.117. The molecule has 4 aliphatic heterocycles. The minimum absolute atomic E-state index is 0.131. The number of benzene rings is 2. The van der Waals surface area contributed by atoms with E-state index in [1.807, 2.05) is 53.4 Å².